The molecule has 0 amide bonds. The third-order valence-corrected chi connectivity index (χ3v) is 6.05. The first-order valence-electron chi connectivity index (χ1n) is 6.86. The van der Waals surface area contributed by atoms with Gasteiger partial charge in [-0.05, 0) is 6.66 Å². The Bertz CT molecular complexity index is 754. The van der Waals surface area contributed by atoms with Crippen LogP contribution in [0, 0.1) is 0 Å². The molecule has 23 heavy (non-hydrogen) atoms. The molecule has 4 aromatic carbocycles. The normalized spacial score (nSPS) is 10.2. The average molecular weight is 360 g/mol. The van der Waals surface area contributed by atoms with Crippen LogP contribution >= 0.6 is 7.92 Å². The Morgan fingerprint density at radius 2 is 1.09 bits per heavy atom. The van der Waals surface area contributed by atoms with Crippen molar-refractivity contribution in [3.8, 4) is 0 Å². The number of halogens is 2. The van der Waals surface area contributed by atoms with Crippen molar-refractivity contribution < 1.29 is 31.1 Å². The van der Waals surface area contributed by atoms with Crippen molar-refractivity contribution in [1.29, 1.82) is 0 Å². The van der Waals surface area contributed by atoms with E-state index in [1.807, 2.05) is 0 Å². The fourth-order valence-corrected chi connectivity index (χ4v) is 4.43. The van der Waals surface area contributed by atoms with Gasteiger partial charge >= 0.3 is 21.7 Å². The van der Waals surface area contributed by atoms with Gasteiger partial charge in [-0.1, -0.05) is 20.1 Å². The standard InChI is InChI=1S/C19H15P.2FH.Ti/c1-20(18-10-14-6-2-3-7-15(14)11-18)19-12-16-8-4-5-9-17(16)13-19;;;/h2-13H,1H3;2*1H;/q-2;;;+4/p-2. The smallest absolute Gasteiger partial charge is 1.00 e. The summed E-state index contributed by atoms with van der Waals surface area (Å²) >= 11 is 0. The van der Waals surface area contributed by atoms with Gasteiger partial charge in [-0.25, -0.2) is 0 Å². The number of rotatable bonds is 2. The van der Waals surface area contributed by atoms with Crippen LogP contribution < -0.4 is 20.0 Å². The van der Waals surface area contributed by atoms with E-state index >= 15 is 0 Å². The van der Waals surface area contributed by atoms with E-state index in [2.05, 4.69) is 79.5 Å². The fourth-order valence-electron chi connectivity index (χ4n) is 2.80. The SMILES string of the molecule is CP(c1cc2ccccc2[cH-]1)c1cc2ccccc2[cH-]1.[F-].[F-].[Ti+4]. The molecule has 0 bridgehead atoms. The van der Waals surface area contributed by atoms with Gasteiger partial charge in [0.05, 0.1) is 0 Å². The number of hydrogen-bond acceptors (Lipinski definition) is 0. The summed E-state index contributed by atoms with van der Waals surface area (Å²) in [5, 5.41) is 8.36. The third kappa shape index (κ3) is 3.61. The van der Waals surface area contributed by atoms with Gasteiger partial charge in [-0.2, -0.15) is 12.1 Å². The Kier molecular flexibility index (Phi) is 6.83. The molecule has 4 heteroatoms. The first kappa shape index (κ1) is 19.7. The molecule has 0 heterocycles. The number of hydrogen-bond donors (Lipinski definition) is 0. The maximum absolute atomic E-state index is 2.36. The predicted octanol–water partition coefficient (Wildman–Crippen LogP) is -1.50. The Labute approximate surface area is 150 Å². The van der Waals surface area contributed by atoms with Crippen molar-refractivity contribution in [1.82, 2.24) is 0 Å². The Morgan fingerprint density at radius 3 is 1.48 bits per heavy atom. The molecular weight excluding hydrogens is 345 g/mol. The van der Waals surface area contributed by atoms with Crippen molar-refractivity contribution in [2.24, 2.45) is 0 Å². The van der Waals surface area contributed by atoms with Crippen molar-refractivity contribution >= 4 is 40.1 Å². The molecule has 0 aliphatic heterocycles. The summed E-state index contributed by atoms with van der Waals surface area (Å²) in [6.45, 7) is 2.36. The summed E-state index contributed by atoms with van der Waals surface area (Å²) in [6, 6.07) is 26.6. The quantitative estimate of drug-likeness (QED) is 0.232. The fraction of sp³-hybridized carbons (Fsp3) is 0.0526. The molecule has 0 unspecified atom stereocenters. The minimum atomic E-state index is -0.264. The van der Waals surface area contributed by atoms with E-state index in [1.54, 1.807) is 0 Å². The molecule has 0 saturated carbocycles. The maximum atomic E-state index is 2.36. The summed E-state index contributed by atoms with van der Waals surface area (Å²) < 4.78 is 0. The van der Waals surface area contributed by atoms with Gasteiger partial charge in [0.2, 0.25) is 0 Å². The summed E-state index contributed by atoms with van der Waals surface area (Å²) in [5.41, 5.74) is 0. The van der Waals surface area contributed by atoms with Crippen LogP contribution in [-0.2, 0) is 21.7 Å². The van der Waals surface area contributed by atoms with Gasteiger partial charge in [0.15, 0.2) is 0 Å². The molecule has 0 radical (unpaired) electrons. The molecule has 0 spiro atoms. The summed E-state index contributed by atoms with van der Waals surface area (Å²) in [4.78, 5) is 0. The molecule has 0 atom stereocenters. The van der Waals surface area contributed by atoms with Crippen LogP contribution in [-0.4, -0.2) is 6.66 Å². The maximum Gasteiger partial charge on any atom is 4.00 e. The summed E-state index contributed by atoms with van der Waals surface area (Å²) in [5.74, 6) is 0. The van der Waals surface area contributed by atoms with E-state index in [0.717, 1.165) is 0 Å². The van der Waals surface area contributed by atoms with E-state index in [-0.39, 0.29) is 39.0 Å². The second-order valence-electron chi connectivity index (χ2n) is 5.24. The van der Waals surface area contributed by atoms with Crippen molar-refractivity contribution in [2.45, 2.75) is 0 Å². The topological polar surface area (TPSA) is 0 Å². The van der Waals surface area contributed by atoms with Gasteiger partial charge in [-0.3, -0.25) is 0 Å². The number of benzene rings is 2. The van der Waals surface area contributed by atoms with Gasteiger partial charge in [0.25, 0.3) is 0 Å². The molecule has 0 saturated heterocycles. The molecule has 0 N–H and O–H groups in total. The monoisotopic (exact) mass is 360 g/mol. The van der Waals surface area contributed by atoms with E-state index in [0.29, 0.717) is 0 Å². The largest absolute Gasteiger partial charge is 4.00 e. The van der Waals surface area contributed by atoms with Crippen LogP contribution in [0.1, 0.15) is 0 Å². The van der Waals surface area contributed by atoms with E-state index in [1.165, 1.54) is 32.2 Å². The van der Waals surface area contributed by atoms with Crippen LogP contribution in [0.4, 0.5) is 0 Å². The first-order valence-corrected chi connectivity index (χ1v) is 8.65. The van der Waals surface area contributed by atoms with Crippen molar-refractivity contribution in [3.63, 3.8) is 0 Å². The minimum absolute atomic E-state index is 0. The van der Waals surface area contributed by atoms with Gasteiger partial charge < -0.3 is 9.41 Å². The van der Waals surface area contributed by atoms with Gasteiger partial charge in [0.1, 0.15) is 0 Å². The third-order valence-electron chi connectivity index (χ3n) is 3.98. The predicted molar refractivity (Wildman–Crippen MR) is 91.2 cm³/mol. The summed E-state index contributed by atoms with van der Waals surface area (Å²) in [7, 11) is -0.264. The molecule has 0 aromatic heterocycles. The minimum Gasteiger partial charge on any atom is -1.00 e. The van der Waals surface area contributed by atoms with Crippen LogP contribution in [0.5, 0.6) is 0 Å². The van der Waals surface area contributed by atoms with Crippen LogP contribution in [0.2, 0.25) is 0 Å². The molecule has 4 rings (SSSR count). The van der Waals surface area contributed by atoms with E-state index in [4.69, 9.17) is 0 Å². The van der Waals surface area contributed by atoms with Gasteiger partial charge in [-0.15, -0.1) is 80.7 Å². The van der Waals surface area contributed by atoms with E-state index < -0.39 is 0 Å². The van der Waals surface area contributed by atoms with Gasteiger partial charge in [0, 0.05) is 0 Å². The Balaban J connectivity index is 0.000000882. The van der Waals surface area contributed by atoms with Crippen molar-refractivity contribution in [3.05, 3.63) is 72.8 Å². The molecular formula is C19H15F2PTi. The van der Waals surface area contributed by atoms with Crippen LogP contribution in [0.3, 0.4) is 0 Å². The zero-order valence-electron chi connectivity index (χ0n) is 12.6. The van der Waals surface area contributed by atoms with Crippen LogP contribution in [0.15, 0.2) is 72.8 Å². The second-order valence-corrected chi connectivity index (χ2v) is 7.39. The Morgan fingerprint density at radius 1 is 0.696 bits per heavy atom. The Hall–Kier alpha value is -1.34. The van der Waals surface area contributed by atoms with Crippen molar-refractivity contribution in [2.75, 3.05) is 6.66 Å². The molecule has 0 fully saturated rings. The average Bonchev–Trinajstić information content (AvgIpc) is 3.10. The number of fused-ring (bicyclic) bond motifs is 2. The molecule has 0 nitrogen and oxygen atoms in total. The molecule has 4 aromatic rings. The molecule has 0 aliphatic rings. The van der Waals surface area contributed by atoms with Crippen LogP contribution in [0.25, 0.3) is 21.5 Å². The molecule has 0 aliphatic carbocycles. The summed E-state index contributed by atoms with van der Waals surface area (Å²) in [6.07, 6.45) is 0. The molecule has 114 valence electrons. The second kappa shape index (κ2) is 7.97. The van der Waals surface area contributed by atoms with E-state index in [9.17, 15) is 0 Å². The first-order chi connectivity index (χ1) is 9.81. The zero-order valence-corrected chi connectivity index (χ0v) is 15.1. The zero-order chi connectivity index (χ0) is 13.5.